The molecule has 4 aromatic carbocycles. The van der Waals surface area contributed by atoms with Crippen molar-refractivity contribution in [2.24, 2.45) is 5.92 Å². The summed E-state index contributed by atoms with van der Waals surface area (Å²) in [6, 6.07) is 12.9. The van der Waals surface area contributed by atoms with Gasteiger partial charge in [0.2, 0.25) is 0 Å². The first-order chi connectivity index (χ1) is 21.5. The molecule has 0 saturated heterocycles. The third kappa shape index (κ3) is 7.34. The molecule has 0 bridgehead atoms. The van der Waals surface area contributed by atoms with Crippen LogP contribution in [-0.2, 0) is 6.11 Å². The number of halogens is 8. The number of hydrogen-bond acceptors (Lipinski definition) is 1. The highest BCUT2D eigenvalue weighted by atomic mass is 19.3. The molecule has 0 amide bonds. The lowest BCUT2D eigenvalue weighted by Gasteiger charge is -2.29. The number of benzene rings is 4. The summed E-state index contributed by atoms with van der Waals surface area (Å²) < 4.78 is 118. The second-order valence-electron chi connectivity index (χ2n) is 11.7. The van der Waals surface area contributed by atoms with Crippen LogP contribution in [-0.4, -0.2) is 0 Å². The first kappa shape index (κ1) is 32.5. The summed E-state index contributed by atoms with van der Waals surface area (Å²) >= 11 is 0. The van der Waals surface area contributed by atoms with Crippen LogP contribution in [0.2, 0.25) is 0 Å². The van der Waals surface area contributed by atoms with E-state index in [2.05, 4.69) is 11.7 Å². The SMILES string of the molecule is CCCCCC1CCC(c2ccc(-c3ccc(-c4cc(F)c(C(F)(F)Oc5cc(F)c(F)c(F)c5)c(F)c4)cc3)c(F)c2)CC1. The Morgan fingerprint density at radius 3 is 1.82 bits per heavy atom. The summed E-state index contributed by atoms with van der Waals surface area (Å²) in [5, 5.41) is 0. The van der Waals surface area contributed by atoms with Gasteiger partial charge in [0.25, 0.3) is 0 Å². The molecule has 5 rings (SSSR count). The summed E-state index contributed by atoms with van der Waals surface area (Å²) in [6.45, 7) is 2.20. The Balaban J connectivity index is 1.29. The number of unbranched alkanes of at least 4 members (excludes halogenated alkanes) is 2. The van der Waals surface area contributed by atoms with Gasteiger partial charge in [0.1, 0.15) is 28.8 Å². The molecule has 1 aliphatic rings. The van der Waals surface area contributed by atoms with Crippen molar-refractivity contribution in [2.45, 2.75) is 70.3 Å². The van der Waals surface area contributed by atoms with Crippen LogP contribution in [0.15, 0.2) is 66.7 Å². The molecule has 1 aliphatic carbocycles. The normalized spacial score (nSPS) is 17.0. The van der Waals surface area contributed by atoms with E-state index in [-0.39, 0.29) is 29.1 Å². The van der Waals surface area contributed by atoms with E-state index in [1.165, 1.54) is 37.8 Å². The molecule has 0 unspecified atom stereocenters. The minimum atomic E-state index is -4.69. The Hall–Kier alpha value is -3.88. The van der Waals surface area contributed by atoms with E-state index < -0.39 is 46.5 Å². The molecule has 1 fully saturated rings. The first-order valence-electron chi connectivity index (χ1n) is 15.1. The van der Waals surface area contributed by atoms with Gasteiger partial charge in [-0.2, -0.15) is 8.78 Å². The van der Waals surface area contributed by atoms with E-state index in [0.29, 0.717) is 29.2 Å². The van der Waals surface area contributed by atoms with Crippen LogP contribution in [0.5, 0.6) is 5.75 Å². The number of hydrogen-bond donors (Lipinski definition) is 0. The topological polar surface area (TPSA) is 9.23 Å². The monoisotopic (exact) mass is 632 g/mol. The van der Waals surface area contributed by atoms with E-state index in [0.717, 1.165) is 37.2 Å². The first-order valence-corrected chi connectivity index (χ1v) is 15.1. The zero-order chi connectivity index (χ0) is 32.3. The molecular formula is C36H32F8O. The van der Waals surface area contributed by atoms with Crippen LogP contribution in [0.4, 0.5) is 35.1 Å². The maximum Gasteiger partial charge on any atom is 0.432 e. The summed E-state index contributed by atoms with van der Waals surface area (Å²) in [6.07, 6.45) is 4.69. The minimum Gasteiger partial charge on any atom is -0.429 e. The third-order valence-corrected chi connectivity index (χ3v) is 8.59. The Kier molecular flexibility index (Phi) is 9.85. The number of rotatable bonds is 10. The van der Waals surface area contributed by atoms with Crippen molar-refractivity contribution in [2.75, 3.05) is 0 Å². The van der Waals surface area contributed by atoms with Crippen molar-refractivity contribution in [3.63, 3.8) is 0 Å². The van der Waals surface area contributed by atoms with Crippen LogP contribution in [0.25, 0.3) is 22.3 Å². The molecule has 0 N–H and O–H groups in total. The van der Waals surface area contributed by atoms with Crippen molar-refractivity contribution < 1.29 is 39.9 Å². The van der Waals surface area contributed by atoms with Gasteiger partial charge in [-0.15, -0.1) is 0 Å². The molecule has 0 atom stereocenters. The second-order valence-corrected chi connectivity index (χ2v) is 11.7. The van der Waals surface area contributed by atoms with Gasteiger partial charge in [0.15, 0.2) is 17.5 Å². The fraction of sp³-hybridized carbons (Fsp3) is 0.333. The van der Waals surface area contributed by atoms with Gasteiger partial charge >= 0.3 is 6.11 Å². The average Bonchev–Trinajstić information content (AvgIpc) is 2.99. The van der Waals surface area contributed by atoms with Crippen molar-refractivity contribution in [3.8, 4) is 28.0 Å². The fourth-order valence-corrected chi connectivity index (χ4v) is 6.14. The summed E-state index contributed by atoms with van der Waals surface area (Å²) in [4.78, 5) is 0. The second kappa shape index (κ2) is 13.6. The highest BCUT2D eigenvalue weighted by Gasteiger charge is 2.41. The molecule has 9 heteroatoms. The molecular weight excluding hydrogens is 600 g/mol. The maximum atomic E-state index is 15.2. The van der Waals surface area contributed by atoms with Gasteiger partial charge in [0.05, 0.1) is 0 Å². The van der Waals surface area contributed by atoms with Crippen LogP contribution >= 0.6 is 0 Å². The molecule has 4 aromatic rings. The van der Waals surface area contributed by atoms with E-state index >= 15 is 4.39 Å². The van der Waals surface area contributed by atoms with Crippen LogP contribution in [0, 0.1) is 40.8 Å². The highest BCUT2D eigenvalue weighted by molar-refractivity contribution is 5.71. The Morgan fingerprint density at radius 1 is 0.644 bits per heavy atom. The van der Waals surface area contributed by atoms with Crippen LogP contribution in [0.3, 0.4) is 0 Å². The van der Waals surface area contributed by atoms with Crippen LogP contribution < -0.4 is 4.74 Å². The zero-order valence-corrected chi connectivity index (χ0v) is 24.6. The fourth-order valence-electron chi connectivity index (χ4n) is 6.14. The summed E-state index contributed by atoms with van der Waals surface area (Å²) in [5.41, 5.74) is 0.246. The lowest BCUT2D eigenvalue weighted by atomic mass is 9.77. The standard InChI is InChI=1S/C36H32F8O/c1-2-3-4-5-21-6-8-22(9-7-21)25-14-15-28(29(37)16-25)24-12-10-23(11-13-24)26-17-30(38)34(31(39)18-26)36(43,44)45-27-19-32(40)35(42)33(41)20-27/h10-22H,2-9H2,1H3. The predicted octanol–water partition coefficient (Wildman–Crippen LogP) is 11.8. The largest absolute Gasteiger partial charge is 0.432 e. The van der Waals surface area contributed by atoms with Gasteiger partial charge in [-0.3, -0.25) is 0 Å². The van der Waals surface area contributed by atoms with Crippen molar-refractivity contribution in [1.29, 1.82) is 0 Å². The quantitative estimate of drug-likeness (QED) is 0.0960. The van der Waals surface area contributed by atoms with E-state index in [1.54, 1.807) is 24.3 Å². The molecule has 238 valence electrons. The highest BCUT2D eigenvalue weighted by Crippen LogP contribution is 2.40. The zero-order valence-electron chi connectivity index (χ0n) is 24.6. The molecule has 0 spiro atoms. The molecule has 0 aromatic heterocycles. The summed E-state index contributed by atoms with van der Waals surface area (Å²) in [7, 11) is 0. The Morgan fingerprint density at radius 2 is 1.24 bits per heavy atom. The smallest absolute Gasteiger partial charge is 0.429 e. The van der Waals surface area contributed by atoms with Gasteiger partial charge in [0, 0.05) is 17.7 Å². The number of ether oxygens (including phenoxy) is 1. The Bertz CT molecular complexity index is 1600. The molecule has 0 radical (unpaired) electrons. The van der Waals surface area contributed by atoms with E-state index in [4.69, 9.17) is 0 Å². The number of alkyl halides is 2. The van der Waals surface area contributed by atoms with Gasteiger partial charge in [-0.1, -0.05) is 69.0 Å². The van der Waals surface area contributed by atoms with Crippen molar-refractivity contribution >= 4 is 0 Å². The van der Waals surface area contributed by atoms with Crippen molar-refractivity contribution in [3.05, 3.63) is 113 Å². The van der Waals surface area contributed by atoms with Gasteiger partial charge in [-0.05, 0) is 78.0 Å². The van der Waals surface area contributed by atoms with E-state index in [9.17, 15) is 30.7 Å². The lowest BCUT2D eigenvalue weighted by molar-refractivity contribution is -0.189. The molecule has 45 heavy (non-hydrogen) atoms. The van der Waals surface area contributed by atoms with Crippen LogP contribution in [0.1, 0.15) is 75.3 Å². The molecule has 0 heterocycles. The molecule has 1 saturated carbocycles. The Labute approximate surface area is 256 Å². The average molecular weight is 633 g/mol. The minimum absolute atomic E-state index is 0.0870. The summed E-state index contributed by atoms with van der Waals surface area (Å²) in [5.74, 6) is -9.38. The van der Waals surface area contributed by atoms with Crippen molar-refractivity contribution in [1.82, 2.24) is 0 Å². The van der Waals surface area contributed by atoms with Gasteiger partial charge in [-0.25, -0.2) is 26.3 Å². The lowest BCUT2D eigenvalue weighted by Crippen LogP contribution is -2.25. The molecule has 0 aliphatic heterocycles. The molecule has 1 nitrogen and oxygen atoms in total. The maximum absolute atomic E-state index is 15.2. The third-order valence-electron chi connectivity index (χ3n) is 8.59. The van der Waals surface area contributed by atoms with Gasteiger partial charge < -0.3 is 4.74 Å². The predicted molar refractivity (Wildman–Crippen MR) is 157 cm³/mol. The van der Waals surface area contributed by atoms with E-state index in [1.807, 2.05) is 6.07 Å².